The molecule has 1 aliphatic carbocycles. The van der Waals surface area contributed by atoms with Crippen LogP contribution in [-0.2, 0) is 0 Å². The number of hydrogen-bond acceptors (Lipinski definition) is 5. The molecule has 8 heteroatoms. The largest absolute Gasteiger partial charge is 0.488 e. The van der Waals surface area contributed by atoms with E-state index in [-0.39, 0.29) is 11.8 Å². The molecule has 1 aliphatic rings. The fourth-order valence-electron chi connectivity index (χ4n) is 4.32. The number of fused-ring (bicyclic) bond motifs is 1. The van der Waals surface area contributed by atoms with Crippen molar-refractivity contribution >= 4 is 10.9 Å². The smallest absolute Gasteiger partial charge is 0.204 e. The molecule has 2 aromatic heterocycles. The normalized spacial score (nSPS) is 16.0. The number of ether oxygens (including phenoxy) is 1. The van der Waals surface area contributed by atoms with Gasteiger partial charge >= 0.3 is 0 Å². The first-order valence-corrected chi connectivity index (χ1v) is 10.4. The van der Waals surface area contributed by atoms with Crippen molar-refractivity contribution in [3.63, 3.8) is 0 Å². The highest BCUT2D eigenvalue weighted by Gasteiger charge is 2.27. The van der Waals surface area contributed by atoms with E-state index >= 15 is 0 Å². The molecule has 7 nitrogen and oxygen atoms in total. The highest BCUT2D eigenvalue weighted by molar-refractivity contribution is 5.77. The van der Waals surface area contributed by atoms with Crippen LogP contribution in [0.2, 0.25) is 0 Å². The van der Waals surface area contributed by atoms with Gasteiger partial charge < -0.3 is 4.74 Å². The maximum Gasteiger partial charge on any atom is 0.204 e. The summed E-state index contributed by atoms with van der Waals surface area (Å²) >= 11 is 0. The lowest BCUT2D eigenvalue weighted by atomic mass is 9.84. The van der Waals surface area contributed by atoms with E-state index in [1.54, 1.807) is 12.1 Å². The molecule has 2 aromatic carbocycles. The van der Waals surface area contributed by atoms with Crippen LogP contribution in [0.4, 0.5) is 4.39 Å². The van der Waals surface area contributed by atoms with Gasteiger partial charge in [-0.2, -0.15) is 10.3 Å². The SMILES string of the molecule is Fc1cc(-c2nn[nH]n2)ccc1OCC(C1CCCCC1)n1cc2ccccc2n1. The Labute approximate surface area is 173 Å². The Hall–Kier alpha value is -3.29. The molecule has 154 valence electrons. The highest BCUT2D eigenvalue weighted by Crippen LogP contribution is 2.34. The highest BCUT2D eigenvalue weighted by atomic mass is 19.1. The minimum absolute atomic E-state index is 0.0639. The van der Waals surface area contributed by atoms with Gasteiger partial charge in [0.05, 0.1) is 11.6 Å². The first-order valence-electron chi connectivity index (χ1n) is 10.4. The van der Waals surface area contributed by atoms with Crippen molar-refractivity contribution in [2.75, 3.05) is 6.61 Å². The van der Waals surface area contributed by atoms with Gasteiger partial charge in [-0.3, -0.25) is 4.68 Å². The summed E-state index contributed by atoms with van der Waals surface area (Å²) in [7, 11) is 0. The standard InChI is InChI=1S/C22H23FN6O/c23-18-12-16(22-24-27-28-25-22)10-11-21(18)30-14-20(15-6-2-1-3-7-15)29-13-17-8-4-5-9-19(17)26-29/h4-5,8-13,15,20H,1-3,6-7,14H2,(H,24,25,27,28). The quantitative estimate of drug-likeness (QED) is 0.508. The molecule has 5 rings (SSSR count). The second-order valence-corrected chi connectivity index (χ2v) is 7.82. The van der Waals surface area contributed by atoms with E-state index in [9.17, 15) is 4.39 Å². The van der Waals surface area contributed by atoms with Crippen molar-refractivity contribution in [3.05, 3.63) is 54.5 Å². The average molecular weight is 406 g/mol. The Kier molecular flexibility index (Phi) is 5.13. The summed E-state index contributed by atoms with van der Waals surface area (Å²) in [4.78, 5) is 0. The van der Waals surface area contributed by atoms with Crippen LogP contribution in [0, 0.1) is 11.7 Å². The number of nitrogens with one attached hydrogen (secondary N) is 1. The van der Waals surface area contributed by atoms with Crippen LogP contribution in [0.25, 0.3) is 22.3 Å². The van der Waals surface area contributed by atoms with Gasteiger partial charge in [0.15, 0.2) is 11.6 Å². The molecule has 1 saturated carbocycles. The maximum absolute atomic E-state index is 14.7. The van der Waals surface area contributed by atoms with Crippen molar-refractivity contribution in [1.29, 1.82) is 0 Å². The summed E-state index contributed by atoms with van der Waals surface area (Å²) in [6, 6.07) is 12.9. The van der Waals surface area contributed by atoms with E-state index in [1.807, 2.05) is 22.9 Å². The number of tetrazole rings is 1. The summed E-state index contributed by atoms with van der Waals surface area (Å²) in [6.45, 7) is 0.372. The van der Waals surface area contributed by atoms with Crippen molar-refractivity contribution in [2.24, 2.45) is 5.92 Å². The number of aromatic nitrogens is 6. The van der Waals surface area contributed by atoms with E-state index in [0.29, 0.717) is 23.9 Å². The van der Waals surface area contributed by atoms with Crippen LogP contribution in [0.15, 0.2) is 48.7 Å². The lowest BCUT2D eigenvalue weighted by Crippen LogP contribution is -2.27. The summed E-state index contributed by atoms with van der Waals surface area (Å²) < 4.78 is 22.7. The molecule has 1 N–H and O–H groups in total. The molecule has 1 unspecified atom stereocenters. The number of H-pyrrole nitrogens is 1. The molecule has 0 radical (unpaired) electrons. The number of rotatable bonds is 6. The summed E-state index contributed by atoms with van der Waals surface area (Å²) in [5, 5.41) is 19.6. The molecular formula is C22H23FN6O. The van der Waals surface area contributed by atoms with Gasteiger partial charge in [0.25, 0.3) is 0 Å². The van der Waals surface area contributed by atoms with Crippen LogP contribution in [0.3, 0.4) is 0 Å². The predicted molar refractivity (Wildman–Crippen MR) is 110 cm³/mol. The van der Waals surface area contributed by atoms with Gasteiger partial charge in [-0.05, 0) is 48.2 Å². The van der Waals surface area contributed by atoms with Gasteiger partial charge in [-0.25, -0.2) is 4.39 Å². The molecule has 1 fully saturated rings. The molecule has 1 atom stereocenters. The second kappa shape index (κ2) is 8.22. The van der Waals surface area contributed by atoms with E-state index in [1.165, 1.54) is 25.3 Å². The summed E-state index contributed by atoms with van der Waals surface area (Å²) in [6.07, 6.45) is 8.07. The molecule has 30 heavy (non-hydrogen) atoms. The third-order valence-electron chi connectivity index (χ3n) is 5.91. The molecule has 4 aromatic rings. The van der Waals surface area contributed by atoms with Gasteiger partial charge in [-0.15, -0.1) is 10.2 Å². The average Bonchev–Trinajstić information content (AvgIpc) is 3.46. The molecule has 2 heterocycles. The molecule has 0 aliphatic heterocycles. The Morgan fingerprint density at radius 2 is 2.00 bits per heavy atom. The van der Waals surface area contributed by atoms with E-state index in [2.05, 4.69) is 32.9 Å². The Morgan fingerprint density at radius 3 is 2.77 bits per heavy atom. The second-order valence-electron chi connectivity index (χ2n) is 7.82. The minimum atomic E-state index is -0.440. The fraction of sp³-hybridized carbons (Fsp3) is 0.364. The number of aromatic amines is 1. The Bertz CT molecular complexity index is 1090. The number of halogens is 1. The molecular weight excluding hydrogens is 383 g/mol. The monoisotopic (exact) mass is 406 g/mol. The van der Waals surface area contributed by atoms with Crippen molar-refractivity contribution in [1.82, 2.24) is 30.4 Å². The predicted octanol–water partition coefficient (Wildman–Crippen LogP) is 4.56. The zero-order valence-corrected chi connectivity index (χ0v) is 16.5. The number of benzene rings is 2. The molecule has 0 bridgehead atoms. The van der Waals surface area contributed by atoms with Gasteiger partial charge in [0, 0.05) is 17.1 Å². The molecule has 0 amide bonds. The summed E-state index contributed by atoms with van der Waals surface area (Å²) in [5.74, 6) is 0.601. The first-order chi connectivity index (χ1) is 14.8. The van der Waals surface area contributed by atoms with Gasteiger partial charge in [-0.1, -0.05) is 37.5 Å². The van der Waals surface area contributed by atoms with E-state index in [4.69, 9.17) is 9.84 Å². The first kappa shape index (κ1) is 18.7. The maximum atomic E-state index is 14.7. The van der Waals surface area contributed by atoms with E-state index in [0.717, 1.165) is 23.7 Å². The lowest BCUT2D eigenvalue weighted by molar-refractivity contribution is 0.153. The van der Waals surface area contributed by atoms with Crippen molar-refractivity contribution in [2.45, 2.75) is 38.1 Å². The van der Waals surface area contributed by atoms with Crippen LogP contribution in [-0.4, -0.2) is 37.0 Å². The minimum Gasteiger partial charge on any atom is -0.488 e. The van der Waals surface area contributed by atoms with Crippen molar-refractivity contribution in [3.8, 4) is 17.1 Å². The lowest BCUT2D eigenvalue weighted by Gasteiger charge is -2.30. The van der Waals surface area contributed by atoms with Crippen molar-refractivity contribution < 1.29 is 9.13 Å². The van der Waals surface area contributed by atoms with Crippen LogP contribution >= 0.6 is 0 Å². The Morgan fingerprint density at radius 1 is 1.13 bits per heavy atom. The Balaban J connectivity index is 1.38. The van der Waals surface area contributed by atoms with E-state index < -0.39 is 5.82 Å². The summed E-state index contributed by atoms with van der Waals surface area (Å²) in [5.41, 5.74) is 1.52. The van der Waals surface area contributed by atoms with Gasteiger partial charge in [0.2, 0.25) is 5.82 Å². The zero-order valence-electron chi connectivity index (χ0n) is 16.5. The topological polar surface area (TPSA) is 81.5 Å². The third kappa shape index (κ3) is 3.77. The van der Waals surface area contributed by atoms with Gasteiger partial charge in [0.1, 0.15) is 6.61 Å². The zero-order chi connectivity index (χ0) is 20.3. The van der Waals surface area contributed by atoms with Crippen LogP contribution in [0.5, 0.6) is 5.75 Å². The molecule has 0 saturated heterocycles. The fourth-order valence-corrected chi connectivity index (χ4v) is 4.32. The van der Waals surface area contributed by atoms with Crippen LogP contribution in [0.1, 0.15) is 38.1 Å². The number of nitrogens with zero attached hydrogens (tertiary/aromatic N) is 5. The molecule has 0 spiro atoms. The van der Waals surface area contributed by atoms with Crippen LogP contribution < -0.4 is 4.74 Å². The number of hydrogen-bond donors (Lipinski definition) is 1. The third-order valence-corrected chi connectivity index (χ3v) is 5.91.